The highest BCUT2D eigenvalue weighted by Crippen LogP contribution is 2.17. The summed E-state index contributed by atoms with van der Waals surface area (Å²) in [7, 11) is 0. The van der Waals surface area contributed by atoms with E-state index in [4.69, 9.17) is 9.84 Å². The van der Waals surface area contributed by atoms with Gasteiger partial charge >= 0.3 is 5.97 Å². The number of hydrogen-bond acceptors (Lipinski definition) is 6. The molecule has 0 atom stereocenters. The second kappa shape index (κ2) is 6.69. The summed E-state index contributed by atoms with van der Waals surface area (Å²) >= 11 is 1.35. The number of ether oxygens (including phenoxy) is 1. The first-order valence-electron chi connectivity index (χ1n) is 5.70. The van der Waals surface area contributed by atoms with Gasteiger partial charge in [0.1, 0.15) is 12.4 Å². The third-order valence-electron chi connectivity index (χ3n) is 2.19. The van der Waals surface area contributed by atoms with Crippen LogP contribution in [0.15, 0.2) is 30.3 Å². The number of nitrogens with zero attached hydrogens (tertiary/aromatic N) is 2. The number of hydrogen-bond donors (Lipinski definition) is 2. The van der Waals surface area contributed by atoms with E-state index in [0.29, 0.717) is 18.3 Å². The first-order valence-corrected chi connectivity index (χ1v) is 6.51. The maximum absolute atomic E-state index is 10.4. The number of rotatable bonds is 7. The van der Waals surface area contributed by atoms with Crippen LogP contribution in [0, 0.1) is 0 Å². The Balaban J connectivity index is 1.79. The van der Waals surface area contributed by atoms with Gasteiger partial charge in [-0.05, 0) is 12.1 Å². The van der Waals surface area contributed by atoms with Crippen molar-refractivity contribution < 1.29 is 14.6 Å². The Morgan fingerprint density at radius 3 is 2.84 bits per heavy atom. The minimum absolute atomic E-state index is 0.0510. The van der Waals surface area contributed by atoms with Gasteiger partial charge in [0.25, 0.3) is 0 Å². The first kappa shape index (κ1) is 13.3. The van der Waals surface area contributed by atoms with Gasteiger partial charge in [-0.1, -0.05) is 29.5 Å². The van der Waals surface area contributed by atoms with Crippen LogP contribution in [0.1, 0.15) is 11.4 Å². The molecule has 0 unspecified atom stereocenters. The van der Waals surface area contributed by atoms with E-state index < -0.39 is 5.97 Å². The molecule has 0 fully saturated rings. The van der Waals surface area contributed by atoms with E-state index in [1.165, 1.54) is 11.3 Å². The normalized spacial score (nSPS) is 10.1. The molecule has 0 spiro atoms. The number of nitrogens with one attached hydrogen (secondary N) is 1. The van der Waals surface area contributed by atoms with Crippen molar-refractivity contribution in [2.45, 2.75) is 13.0 Å². The van der Waals surface area contributed by atoms with Crippen molar-refractivity contribution in [2.75, 3.05) is 11.9 Å². The molecule has 7 heteroatoms. The molecule has 0 saturated heterocycles. The van der Waals surface area contributed by atoms with Crippen LogP contribution in [0.2, 0.25) is 0 Å². The molecule has 1 aromatic heterocycles. The lowest BCUT2D eigenvalue weighted by atomic mass is 10.3. The number of para-hydroxylation sites is 1. The molecule has 2 aromatic rings. The van der Waals surface area contributed by atoms with Crippen molar-refractivity contribution in [2.24, 2.45) is 0 Å². The molecule has 0 aliphatic carbocycles. The molecule has 2 N–H and O–H groups in total. The van der Waals surface area contributed by atoms with Gasteiger partial charge in [0.05, 0.1) is 6.42 Å². The predicted octanol–water partition coefficient (Wildman–Crippen LogP) is 2.00. The van der Waals surface area contributed by atoms with Crippen LogP contribution < -0.4 is 10.1 Å². The molecule has 0 aliphatic rings. The Morgan fingerprint density at radius 2 is 2.11 bits per heavy atom. The summed E-state index contributed by atoms with van der Waals surface area (Å²) in [5.41, 5.74) is 0. The summed E-state index contributed by atoms with van der Waals surface area (Å²) in [5.74, 6) is -0.0669. The predicted molar refractivity (Wildman–Crippen MR) is 71.4 cm³/mol. The number of carboxylic acid groups (broad SMARTS) is 1. The van der Waals surface area contributed by atoms with Crippen molar-refractivity contribution in [3.05, 3.63) is 35.3 Å². The number of carboxylic acids is 1. The van der Waals surface area contributed by atoms with E-state index >= 15 is 0 Å². The van der Waals surface area contributed by atoms with E-state index in [2.05, 4.69) is 15.5 Å². The topological polar surface area (TPSA) is 84.3 Å². The third kappa shape index (κ3) is 4.55. The number of anilines is 1. The van der Waals surface area contributed by atoms with Crippen molar-refractivity contribution in [3.63, 3.8) is 0 Å². The third-order valence-corrected chi connectivity index (χ3v) is 3.04. The van der Waals surface area contributed by atoms with Crippen LogP contribution in [0.5, 0.6) is 5.75 Å². The van der Waals surface area contributed by atoms with Gasteiger partial charge in [0.2, 0.25) is 5.13 Å². The van der Waals surface area contributed by atoms with E-state index in [0.717, 1.165) is 10.8 Å². The maximum Gasteiger partial charge on any atom is 0.305 e. The van der Waals surface area contributed by atoms with Crippen LogP contribution >= 0.6 is 11.3 Å². The van der Waals surface area contributed by atoms with Gasteiger partial charge in [-0.15, -0.1) is 10.2 Å². The van der Waals surface area contributed by atoms with Gasteiger partial charge in [-0.25, -0.2) is 0 Å². The van der Waals surface area contributed by atoms with E-state index in [1.54, 1.807) is 0 Å². The van der Waals surface area contributed by atoms with Crippen molar-refractivity contribution in [1.82, 2.24) is 10.2 Å². The fourth-order valence-electron chi connectivity index (χ4n) is 1.32. The summed E-state index contributed by atoms with van der Waals surface area (Å²) in [4.78, 5) is 10.4. The maximum atomic E-state index is 10.4. The van der Waals surface area contributed by atoms with Crippen molar-refractivity contribution in [3.8, 4) is 5.75 Å². The second-order valence-corrected chi connectivity index (χ2v) is 4.74. The molecule has 1 heterocycles. The van der Waals surface area contributed by atoms with Crippen LogP contribution in [-0.4, -0.2) is 27.8 Å². The lowest BCUT2D eigenvalue weighted by molar-refractivity contribution is -0.136. The molecule has 1 aromatic carbocycles. The monoisotopic (exact) mass is 279 g/mol. The fraction of sp³-hybridized carbons (Fsp3) is 0.250. The van der Waals surface area contributed by atoms with E-state index in [-0.39, 0.29) is 6.42 Å². The Hall–Kier alpha value is -2.15. The molecule has 0 saturated carbocycles. The molecule has 6 nitrogen and oxygen atoms in total. The Bertz CT molecular complexity index is 530. The number of aromatic nitrogens is 2. The number of benzene rings is 1. The van der Waals surface area contributed by atoms with Crippen molar-refractivity contribution in [1.29, 1.82) is 0 Å². The lowest BCUT2D eigenvalue weighted by Gasteiger charge is -2.01. The summed E-state index contributed by atoms with van der Waals surface area (Å²) in [6.07, 6.45) is 0.0510. The highest BCUT2D eigenvalue weighted by atomic mass is 32.1. The summed E-state index contributed by atoms with van der Waals surface area (Å²) < 4.78 is 5.53. The van der Waals surface area contributed by atoms with Gasteiger partial charge in [0, 0.05) is 6.54 Å². The highest BCUT2D eigenvalue weighted by Gasteiger charge is 2.05. The van der Waals surface area contributed by atoms with Crippen LogP contribution in [-0.2, 0) is 11.4 Å². The standard InChI is InChI=1S/C12H13N3O3S/c16-11(17)6-7-13-12-15-14-10(19-12)8-18-9-4-2-1-3-5-9/h1-5H,6-8H2,(H,13,15)(H,16,17). The number of carbonyl (C=O) groups is 1. The zero-order chi connectivity index (χ0) is 13.5. The quantitative estimate of drug-likeness (QED) is 0.806. The Kier molecular flexibility index (Phi) is 4.68. The summed E-state index contributed by atoms with van der Waals surface area (Å²) in [5, 5.41) is 20.6. The van der Waals surface area contributed by atoms with E-state index in [9.17, 15) is 4.79 Å². The minimum atomic E-state index is -0.843. The van der Waals surface area contributed by atoms with Gasteiger partial charge < -0.3 is 15.2 Å². The van der Waals surface area contributed by atoms with Crippen LogP contribution in [0.25, 0.3) is 0 Å². The van der Waals surface area contributed by atoms with E-state index in [1.807, 2.05) is 30.3 Å². The average molecular weight is 279 g/mol. The fourth-order valence-corrected chi connectivity index (χ4v) is 2.00. The molecule has 0 bridgehead atoms. The molecule has 0 radical (unpaired) electrons. The lowest BCUT2D eigenvalue weighted by Crippen LogP contribution is -2.07. The van der Waals surface area contributed by atoms with Crippen LogP contribution in [0.3, 0.4) is 0 Å². The van der Waals surface area contributed by atoms with Crippen LogP contribution in [0.4, 0.5) is 5.13 Å². The molecule has 2 rings (SSSR count). The molecule has 0 aliphatic heterocycles. The van der Waals surface area contributed by atoms with Gasteiger partial charge in [-0.3, -0.25) is 4.79 Å². The second-order valence-electron chi connectivity index (χ2n) is 3.67. The highest BCUT2D eigenvalue weighted by molar-refractivity contribution is 7.15. The zero-order valence-corrected chi connectivity index (χ0v) is 10.9. The minimum Gasteiger partial charge on any atom is -0.486 e. The molecule has 0 amide bonds. The molecule has 19 heavy (non-hydrogen) atoms. The summed E-state index contributed by atoms with van der Waals surface area (Å²) in [6, 6.07) is 9.45. The molecule has 100 valence electrons. The molecular weight excluding hydrogens is 266 g/mol. The van der Waals surface area contributed by atoms with Crippen molar-refractivity contribution >= 4 is 22.4 Å². The average Bonchev–Trinajstić information content (AvgIpc) is 2.85. The van der Waals surface area contributed by atoms with Gasteiger partial charge in [0.15, 0.2) is 5.01 Å². The SMILES string of the molecule is O=C(O)CCNc1nnc(COc2ccccc2)s1. The largest absolute Gasteiger partial charge is 0.486 e. The zero-order valence-electron chi connectivity index (χ0n) is 10.1. The number of aliphatic carboxylic acids is 1. The first-order chi connectivity index (χ1) is 9.24. The molecular formula is C12H13N3O3S. The summed E-state index contributed by atoms with van der Waals surface area (Å²) in [6.45, 7) is 0.686. The smallest absolute Gasteiger partial charge is 0.305 e. The van der Waals surface area contributed by atoms with Gasteiger partial charge in [-0.2, -0.15) is 0 Å². The Morgan fingerprint density at radius 1 is 1.32 bits per heavy atom. The Labute approximate surface area is 114 Å².